The molecule has 10 heteroatoms. The summed E-state index contributed by atoms with van der Waals surface area (Å²) in [5.41, 5.74) is 3.04. The molecule has 3 aliphatic rings. The number of Topliss-reactive ketones (excluding diaryl/α,β-unsaturated/α-hetero) is 1. The highest BCUT2D eigenvalue weighted by atomic mass is 32.2. The van der Waals surface area contributed by atoms with E-state index in [4.69, 9.17) is 14.9 Å². The Bertz CT molecular complexity index is 1570. The topological polar surface area (TPSA) is 111 Å². The molecule has 6 rings (SSSR count). The van der Waals surface area contributed by atoms with Crippen molar-refractivity contribution >= 4 is 29.0 Å². The molecule has 0 spiro atoms. The molecular formula is C31H29FN4O4S. The van der Waals surface area contributed by atoms with Crippen molar-refractivity contribution in [2.24, 2.45) is 5.41 Å². The van der Waals surface area contributed by atoms with Crippen LogP contribution in [0.25, 0.3) is 0 Å². The molecule has 0 saturated carbocycles. The summed E-state index contributed by atoms with van der Waals surface area (Å²) >= 11 is -1.57. The van der Waals surface area contributed by atoms with Crippen molar-refractivity contribution in [2.45, 2.75) is 24.7 Å². The molecule has 2 aliphatic heterocycles. The van der Waals surface area contributed by atoms with Crippen LogP contribution in [0.2, 0.25) is 0 Å². The van der Waals surface area contributed by atoms with Gasteiger partial charge in [-0.25, -0.2) is 4.39 Å². The molecule has 3 heterocycles. The number of ether oxygens (including phenoxy) is 2. The third kappa shape index (κ3) is 5.26. The number of ketones is 1. The molecule has 2 atom stereocenters. The minimum Gasteiger partial charge on any atom is -0.593 e. The van der Waals surface area contributed by atoms with E-state index in [9.17, 15) is 13.7 Å². The van der Waals surface area contributed by atoms with E-state index in [2.05, 4.69) is 10.3 Å². The second-order valence-corrected chi connectivity index (χ2v) is 11.8. The maximum atomic E-state index is 14.3. The monoisotopic (exact) mass is 572 g/mol. The number of hydrogen-bond acceptors (Lipinski definition) is 8. The Morgan fingerprint density at radius 3 is 2.68 bits per heavy atom. The number of carbonyl (C=O) groups is 1. The first-order chi connectivity index (χ1) is 19.9. The Hall–Kier alpha value is -3.99. The minimum absolute atomic E-state index is 0.170. The average molecular weight is 573 g/mol. The van der Waals surface area contributed by atoms with Crippen molar-refractivity contribution in [3.8, 4) is 11.5 Å². The molecule has 8 nitrogen and oxygen atoms in total. The van der Waals surface area contributed by atoms with Crippen molar-refractivity contribution in [1.82, 2.24) is 9.29 Å². The quantitative estimate of drug-likeness (QED) is 0.226. The van der Waals surface area contributed by atoms with Gasteiger partial charge in [0, 0.05) is 36.4 Å². The molecule has 3 aromatic rings. The summed E-state index contributed by atoms with van der Waals surface area (Å²) in [6.07, 6.45) is 5.51. The van der Waals surface area contributed by atoms with Gasteiger partial charge in [0.2, 0.25) is 0 Å². The van der Waals surface area contributed by atoms with Crippen molar-refractivity contribution in [3.05, 3.63) is 101 Å². The van der Waals surface area contributed by atoms with Crippen LogP contribution in [0.5, 0.6) is 11.5 Å². The summed E-state index contributed by atoms with van der Waals surface area (Å²) in [5.74, 6) is 0.661. The Labute approximate surface area is 240 Å². The summed E-state index contributed by atoms with van der Waals surface area (Å²) in [5, 5.41) is 11.5. The second-order valence-electron chi connectivity index (χ2n) is 10.4. The molecule has 2 aromatic carbocycles. The number of halogens is 1. The Morgan fingerprint density at radius 1 is 1.15 bits per heavy atom. The highest BCUT2D eigenvalue weighted by Crippen LogP contribution is 2.48. The molecule has 1 saturated heterocycles. The maximum Gasteiger partial charge on any atom is 0.193 e. The SMILES string of the molecule is Cc1ccnc(C(=O)C23CC(C=N)=C(Nc4ccc(F)cc4)C=C2CCN([S+]([O-])c2ccc4c(c2)OCCO4)C3)c1. The number of carbonyl (C=O) groups excluding carboxylic acids is 1. The summed E-state index contributed by atoms with van der Waals surface area (Å²) < 4.78 is 40.5. The minimum atomic E-state index is -1.57. The van der Waals surface area contributed by atoms with Gasteiger partial charge in [-0.2, -0.15) is 0 Å². The molecule has 1 aromatic heterocycles. The third-order valence-corrected chi connectivity index (χ3v) is 9.12. The molecule has 0 amide bonds. The van der Waals surface area contributed by atoms with Crippen LogP contribution >= 0.6 is 0 Å². The molecule has 0 radical (unpaired) electrons. The largest absolute Gasteiger partial charge is 0.593 e. The van der Waals surface area contributed by atoms with E-state index in [-0.39, 0.29) is 24.6 Å². The van der Waals surface area contributed by atoms with E-state index in [0.717, 1.165) is 11.1 Å². The zero-order valence-electron chi connectivity index (χ0n) is 22.5. The third-order valence-electron chi connectivity index (χ3n) is 7.68. The van der Waals surface area contributed by atoms with E-state index < -0.39 is 16.8 Å². The van der Waals surface area contributed by atoms with Crippen molar-refractivity contribution in [2.75, 3.05) is 31.6 Å². The summed E-state index contributed by atoms with van der Waals surface area (Å²) in [4.78, 5) is 19.3. The predicted molar refractivity (Wildman–Crippen MR) is 154 cm³/mol. The number of rotatable bonds is 7. The Morgan fingerprint density at radius 2 is 1.93 bits per heavy atom. The predicted octanol–water partition coefficient (Wildman–Crippen LogP) is 5.24. The van der Waals surface area contributed by atoms with Gasteiger partial charge in [-0.3, -0.25) is 9.78 Å². The number of hydrogen-bond donors (Lipinski definition) is 2. The molecule has 1 fully saturated rings. The van der Waals surface area contributed by atoms with Gasteiger partial charge in [0.1, 0.15) is 24.7 Å². The van der Waals surface area contributed by atoms with E-state index in [1.165, 1.54) is 18.3 Å². The van der Waals surface area contributed by atoms with Crippen LogP contribution in [0.1, 0.15) is 28.9 Å². The van der Waals surface area contributed by atoms with Crippen LogP contribution in [0.4, 0.5) is 10.1 Å². The first-order valence-corrected chi connectivity index (χ1v) is 14.5. The first kappa shape index (κ1) is 27.2. The second kappa shape index (κ2) is 11.1. The fourth-order valence-electron chi connectivity index (χ4n) is 5.59. The number of nitrogens with zero attached hydrogens (tertiary/aromatic N) is 2. The number of aryl methyl sites for hydroxylation is 1. The smallest absolute Gasteiger partial charge is 0.193 e. The highest BCUT2D eigenvalue weighted by molar-refractivity contribution is 7.89. The summed E-state index contributed by atoms with van der Waals surface area (Å²) in [6.45, 7) is 3.46. The Balaban J connectivity index is 1.36. The standard InChI is InChI=1S/C31H29FN4O4S/c1-20-8-10-34-27(14-20)30(37)31-17-21(18-33)26(35-24-4-2-23(32)3-5-24)15-22(31)9-11-36(19-31)41(38)25-6-7-28-29(16-25)40-13-12-39-28/h2-8,10,14-16,18,33,35H,9,11-13,17,19H2,1H3. The molecule has 41 heavy (non-hydrogen) atoms. The number of nitrogens with one attached hydrogen (secondary N) is 2. The highest BCUT2D eigenvalue weighted by Gasteiger charge is 2.51. The average Bonchev–Trinajstić information content (AvgIpc) is 3.00. The van der Waals surface area contributed by atoms with Crippen LogP contribution in [0.15, 0.2) is 88.6 Å². The van der Waals surface area contributed by atoms with Crippen molar-refractivity contribution in [1.29, 1.82) is 5.41 Å². The van der Waals surface area contributed by atoms with Crippen LogP contribution < -0.4 is 14.8 Å². The van der Waals surface area contributed by atoms with E-state index >= 15 is 0 Å². The molecule has 0 bridgehead atoms. The van der Waals surface area contributed by atoms with Crippen LogP contribution in [0, 0.1) is 23.6 Å². The molecule has 210 valence electrons. The van der Waals surface area contributed by atoms with Gasteiger partial charge in [-0.15, -0.1) is 4.31 Å². The number of allylic oxidation sites excluding steroid dienone is 2. The van der Waals surface area contributed by atoms with Crippen molar-refractivity contribution in [3.63, 3.8) is 0 Å². The van der Waals surface area contributed by atoms with Crippen molar-refractivity contribution < 1.29 is 23.2 Å². The summed E-state index contributed by atoms with van der Waals surface area (Å²) in [6, 6.07) is 14.9. The van der Waals surface area contributed by atoms with Crippen LogP contribution in [-0.4, -0.2) is 52.1 Å². The van der Waals surface area contributed by atoms with Gasteiger partial charge < -0.3 is 24.8 Å². The van der Waals surface area contributed by atoms with Crippen LogP contribution in [0.3, 0.4) is 0 Å². The maximum absolute atomic E-state index is 14.3. The zero-order valence-corrected chi connectivity index (χ0v) is 23.3. The molecule has 2 N–H and O–H groups in total. The number of pyridine rings is 1. The van der Waals surface area contributed by atoms with Gasteiger partial charge in [0.05, 0.1) is 23.3 Å². The lowest BCUT2D eigenvalue weighted by atomic mass is 9.65. The van der Waals surface area contributed by atoms with E-state index in [1.54, 1.807) is 42.6 Å². The van der Waals surface area contributed by atoms with Gasteiger partial charge in [0.25, 0.3) is 0 Å². The number of fused-ring (bicyclic) bond motifs is 2. The number of anilines is 1. The van der Waals surface area contributed by atoms with E-state index in [1.807, 2.05) is 23.4 Å². The normalized spacial score (nSPS) is 21.0. The fraction of sp³-hybridized carbons (Fsp3) is 0.258. The number of aromatic nitrogens is 1. The molecule has 2 unspecified atom stereocenters. The number of piperidine rings is 1. The lowest BCUT2D eigenvalue weighted by molar-refractivity contribution is 0.0769. The van der Waals surface area contributed by atoms with Crippen LogP contribution in [-0.2, 0) is 11.4 Å². The molecule has 1 aliphatic carbocycles. The zero-order chi connectivity index (χ0) is 28.6. The van der Waals surface area contributed by atoms with Gasteiger partial charge in [-0.1, -0.05) is 5.57 Å². The summed E-state index contributed by atoms with van der Waals surface area (Å²) in [7, 11) is 0. The fourth-order valence-corrected chi connectivity index (χ4v) is 6.88. The van der Waals surface area contributed by atoms with E-state index in [0.29, 0.717) is 65.2 Å². The van der Waals surface area contributed by atoms with Gasteiger partial charge >= 0.3 is 0 Å². The first-order valence-electron chi connectivity index (χ1n) is 13.4. The van der Waals surface area contributed by atoms with Gasteiger partial charge in [-0.05, 0) is 85.5 Å². The number of benzene rings is 2. The Kier molecular flexibility index (Phi) is 7.37. The van der Waals surface area contributed by atoms with Gasteiger partial charge in [0.15, 0.2) is 22.2 Å². The lowest BCUT2D eigenvalue weighted by Crippen LogP contribution is -2.52. The lowest BCUT2D eigenvalue weighted by Gasteiger charge is -2.45. The molecular weight excluding hydrogens is 543 g/mol.